The van der Waals surface area contributed by atoms with E-state index in [2.05, 4.69) is 16.0 Å². The quantitative estimate of drug-likeness (QED) is 0.113. The monoisotopic (exact) mass is 778 g/mol. The third kappa shape index (κ3) is 8.07. The normalized spacial score (nSPS) is 17.4. The lowest BCUT2D eigenvalue weighted by atomic mass is 10.0. The topological polar surface area (TPSA) is 208 Å². The summed E-state index contributed by atoms with van der Waals surface area (Å²) in [7, 11) is 0. The molecule has 1 unspecified atom stereocenters. The number of imide groups is 2. The van der Waals surface area contributed by atoms with Gasteiger partial charge in [0.1, 0.15) is 11.6 Å². The van der Waals surface area contributed by atoms with Crippen molar-refractivity contribution in [2.24, 2.45) is 0 Å². The standard InChI is InChI=1S/C41H42N6O10/c1-23-19-28(24(2)43-31-6-4-3-5-27(31)41(54)55)37-30(20-23)33(48)22-36(57-37)46-15-13-45(14-16-46)35(50)11-17-56-18-12-42-25-7-8-26-29(21-25)40(53)47(39(26)52)32-9-10-34(49)44-38(32)51/h3-8,19-22,24,32,42-43H,9-18H2,1-2H3,(H,54,55)(H,44,49,51)/t24-,32?/m1/s1. The molecule has 0 aliphatic carbocycles. The molecule has 5 amide bonds. The fourth-order valence-corrected chi connectivity index (χ4v) is 7.45. The minimum atomic E-state index is -1.05. The Morgan fingerprint density at radius 3 is 2.46 bits per heavy atom. The van der Waals surface area contributed by atoms with Crippen LogP contribution in [0.3, 0.4) is 0 Å². The number of nitrogens with zero attached hydrogens (tertiary/aromatic N) is 3. The van der Waals surface area contributed by atoms with Crippen LogP contribution in [-0.4, -0.2) is 102 Å². The first kappa shape index (κ1) is 38.7. The Morgan fingerprint density at radius 2 is 1.70 bits per heavy atom. The van der Waals surface area contributed by atoms with E-state index in [9.17, 15) is 38.7 Å². The minimum absolute atomic E-state index is 0.0444. The number of hydrogen-bond donors (Lipinski definition) is 4. The maximum absolute atomic E-state index is 13.4. The predicted octanol–water partition coefficient (Wildman–Crippen LogP) is 3.54. The summed E-state index contributed by atoms with van der Waals surface area (Å²) >= 11 is 0. The van der Waals surface area contributed by atoms with Gasteiger partial charge in [-0.2, -0.15) is 0 Å². The van der Waals surface area contributed by atoms with Gasteiger partial charge in [-0.25, -0.2) is 4.79 Å². The number of piperidine rings is 1. The number of anilines is 3. The van der Waals surface area contributed by atoms with Crippen LogP contribution in [0.1, 0.15) is 74.4 Å². The highest BCUT2D eigenvalue weighted by atomic mass is 16.5. The number of fused-ring (bicyclic) bond motifs is 2. The largest absolute Gasteiger partial charge is 0.478 e. The molecule has 4 aromatic rings. The molecule has 2 atom stereocenters. The lowest BCUT2D eigenvalue weighted by Crippen LogP contribution is -2.54. The Bertz CT molecular complexity index is 2350. The van der Waals surface area contributed by atoms with Crippen LogP contribution in [0.25, 0.3) is 11.0 Å². The molecule has 0 spiro atoms. The highest BCUT2D eigenvalue weighted by Gasteiger charge is 2.44. The molecule has 0 saturated carbocycles. The van der Waals surface area contributed by atoms with Gasteiger partial charge in [-0.1, -0.05) is 18.2 Å². The van der Waals surface area contributed by atoms with Gasteiger partial charge in [-0.3, -0.25) is 39.0 Å². The van der Waals surface area contributed by atoms with Gasteiger partial charge < -0.3 is 34.7 Å². The number of aryl methyl sites for hydroxylation is 1. The number of ether oxygens (including phenoxy) is 1. The van der Waals surface area contributed by atoms with Crippen molar-refractivity contribution in [2.45, 2.75) is 45.2 Å². The lowest BCUT2D eigenvalue weighted by Gasteiger charge is -2.35. The number of para-hydroxylation sites is 1. The fourth-order valence-electron chi connectivity index (χ4n) is 7.45. The number of amides is 5. The van der Waals surface area contributed by atoms with Crippen LogP contribution in [0, 0.1) is 6.92 Å². The molecule has 296 valence electrons. The van der Waals surface area contributed by atoms with Gasteiger partial charge in [-0.15, -0.1) is 0 Å². The number of carbonyl (C=O) groups excluding carboxylic acids is 5. The van der Waals surface area contributed by atoms with E-state index in [4.69, 9.17) is 9.15 Å². The minimum Gasteiger partial charge on any atom is -0.478 e. The summed E-state index contributed by atoms with van der Waals surface area (Å²) in [5.74, 6) is -2.98. The second-order valence-electron chi connectivity index (χ2n) is 14.3. The summed E-state index contributed by atoms with van der Waals surface area (Å²) in [4.78, 5) is 92.6. The molecular formula is C41H42N6O10. The van der Waals surface area contributed by atoms with E-state index in [1.807, 2.05) is 24.8 Å². The van der Waals surface area contributed by atoms with Gasteiger partial charge in [0.2, 0.25) is 17.7 Å². The van der Waals surface area contributed by atoms with E-state index in [0.717, 1.165) is 10.5 Å². The predicted molar refractivity (Wildman–Crippen MR) is 208 cm³/mol. The average molecular weight is 779 g/mol. The highest BCUT2D eigenvalue weighted by Crippen LogP contribution is 2.32. The molecule has 2 fully saturated rings. The zero-order valence-corrected chi connectivity index (χ0v) is 31.5. The lowest BCUT2D eigenvalue weighted by molar-refractivity contribution is -0.136. The Hall–Kier alpha value is -6.55. The molecule has 1 aromatic heterocycles. The van der Waals surface area contributed by atoms with Gasteiger partial charge in [0.15, 0.2) is 11.3 Å². The number of carbonyl (C=O) groups is 6. The number of hydrogen-bond acceptors (Lipinski definition) is 12. The van der Waals surface area contributed by atoms with Crippen molar-refractivity contribution >= 4 is 63.7 Å². The number of aromatic carboxylic acids is 1. The van der Waals surface area contributed by atoms with E-state index in [0.29, 0.717) is 66.5 Å². The number of rotatable bonds is 13. The van der Waals surface area contributed by atoms with Gasteiger partial charge in [0, 0.05) is 62.1 Å². The first-order chi connectivity index (χ1) is 27.4. The zero-order chi connectivity index (χ0) is 40.4. The first-order valence-corrected chi connectivity index (χ1v) is 18.8. The summed E-state index contributed by atoms with van der Waals surface area (Å²) in [6.45, 7) is 6.36. The van der Waals surface area contributed by atoms with E-state index >= 15 is 0 Å². The fraction of sp³-hybridized carbons (Fsp3) is 0.341. The van der Waals surface area contributed by atoms with Crippen LogP contribution >= 0.6 is 0 Å². The smallest absolute Gasteiger partial charge is 0.337 e. The maximum atomic E-state index is 13.4. The molecule has 7 rings (SSSR count). The molecule has 0 radical (unpaired) electrons. The summed E-state index contributed by atoms with van der Waals surface area (Å²) < 4.78 is 12.1. The average Bonchev–Trinajstić information content (AvgIpc) is 3.44. The van der Waals surface area contributed by atoms with Crippen LogP contribution in [0.2, 0.25) is 0 Å². The molecule has 3 aliphatic heterocycles. The van der Waals surface area contributed by atoms with Gasteiger partial charge in [0.25, 0.3) is 11.8 Å². The van der Waals surface area contributed by atoms with Crippen molar-refractivity contribution in [1.82, 2.24) is 15.1 Å². The molecule has 4 heterocycles. The SMILES string of the molecule is Cc1cc([C@@H](C)Nc2ccccc2C(=O)O)c2oc(N3CCN(C(=O)CCOCCNc4ccc5c(c4)C(=O)N(C4CCC(=O)NC4=O)C5=O)CC3)cc(=O)c2c1. The second-order valence-corrected chi connectivity index (χ2v) is 14.3. The van der Waals surface area contributed by atoms with Crippen LogP contribution in [-0.2, 0) is 19.1 Å². The summed E-state index contributed by atoms with van der Waals surface area (Å²) in [6, 6.07) is 15.1. The third-order valence-electron chi connectivity index (χ3n) is 10.4. The maximum Gasteiger partial charge on any atom is 0.337 e. The summed E-state index contributed by atoms with van der Waals surface area (Å²) in [5.41, 5.74) is 3.32. The van der Waals surface area contributed by atoms with Crippen LogP contribution in [0.15, 0.2) is 69.9 Å². The molecular weight excluding hydrogens is 736 g/mol. The van der Waals surface area contributed by atoms with Crippen molar-refractivity contribution in [3.05, 3.63) is 98.7 Å². The van der Waals surface area contributed by atoms with Crippen LogP contribution < -0.4 is 26.3 Å². The Balaban J connectivity index is 0.884. The molecule has 57 heavy (non-hydrogen) atoms. The van der Waals surface area contributed by atoms with Crippen molar-refractivity contribution in [1.29, 1.82) is 0 Å². The third-order valence-corrected chi connectivity index (χ3v) is 10.4. The van der Waals surface area contributed by atoms with E-state index in [-0.39, 0.29) is 60.5 Å². The van der Waals surface area contributed by atoms with Crippen LogP contribution in [0.4, 0.5) is 17.3 Å². The van der Waals surface area contributed by atoms with E-state index < -0.39 is 41.7 Å². The number of benzene rings is 3. The molecule has 16 nitrogen and oxygen atoms in total. The number of carboxylic acids is 1. The summed E-state index contributed by atoms with van der Waals surface area (Å²) in [5, 5.41) is 18.7. The zero-order valence-electron chi connectivity index (χ0n) is 31.5. The van der Waals surface area contributed by atoms with Crippen molar-refractivity contribution in [3.8, 4) is 0 Å². The molecule has 4 N–H and O–H groups in total. The Morgan fingerprint density at radius 1 is 0.947 bits per heavy atom. The molecule has 16 heteroatoms. The molecule has 2 saturated heterocycles. The first-order valence-electron chi connectivity index (χ1n) is 18.8. The number of nitrogens with one attached hydrogen (secondary N) is 3. The van der Waals surface area contributed by atoms with Crippen molar-refractivity contribution < 1.29 is 43.0 Å². The van der Waals surface area contributed by atoms with Crippen molar-refractivity contribution in [2.75, 3.05) is 61.5 Å². The van der Waals surface area contributed by atoms with Crippen molar-refractivity contribution in [3.63, 3.8) is 0 Å². The number of piperazine rings is 1. The molecule has 0 bridgehead atoms. The van der Waals surface area contributed by atoms with E-state index in [1.54, 1.807) is 41.3 Å². The Labute approximate surface area is 326 Å². The highest BCUT2D eigenvalue weighted by molar-refractivity contribution is 6.23. The Kier molecular flexibility index (Phi) is 11.1. The molecule has 3 aromatic carbocycles. The summed E-state index contributed by atoms with van der Waals surface area (Å²) in [6.07, 6.45) is 0.302. The van der Waals surface area contributed by atoms with Crippen LogP contribution in [0.5, 0.6) is 0 Å². The number of carboxylic acid groups (broad SMARTS) is 1. The molecule has 3 aliphatic rings. The van der Waals surface area contributed by atoms with Gasteiger partial charge in [-0.05, 0) is 62.2 Å². The second kappa shape index (κ2) is 16.3. The van der Waals surface area contributed by atoms with Gasteiger partial charge in [0.05, 0.1) is 47.8 Å². The van der Waals surface area contributed by atoms with E-state index in [1.165, 1.54) is 18.2 Å². The van der Waals surface area contributed by atoms with Gasteiger partial charge >= 0.3 is 5.97 Å².